The normalized spacial score (nSPS) is 11.7. The van der Waals surface area contributed by atoms with Gasteiger partial charge in [0.2, 0.25) is 0 Å². The van der Waals surface area contributed by atoms with Gasteiger partial charge in [-0.1, -0.05) is 127 Å². The Labute approximate surface area is 369 Å². The number of imidazole rings is 2. The van der Waals surface area contributed by atoms with E-state index in [1.54, 1.807) is 6.20 Å². The van der Waals surface area contributed by atoms with E-state index < -0.39 is 0 Å². The van der Waals surface area contributed by atoms with Gasteiger partial charge in [0.15, 0.2) is 4.73 Å². The molecular weight excluding hydrogens is 841 g/mol. The van der Waals surface area contributed by atoms with Crippen LogP contribution in [0.1, 0.15) is 0 Å². The number of benzene rings is 10. The fourth-order valence-corrected chi connectivity index (χ4v) is 9.70. The lowest BCUT2D eigenvalue weighted by Gasteiger charge is -2.10. The Balaban J connectivity index is 0.000000118. The van der Waals surface area contributed by atoms with E-state index in [0.29, 0.717) is 0 Å². The van der Waals surface area contributed by atoms with Crippen LogP contribution in [0.2, 0.25) is 0 Å². The van der Waals surface area contributed by atoms with E-state index in [2.05, 4.69) is 178 Å². The minimum atomic E-state index is 0.868. The summed E-state index contributed by atoms with van der Waals surface area (Å²) in [6.45, 7) is 0. The summed E-state index contributed by atoms with van der Waals surface area (Å²) in [7, 11) is 3.94. The van der Waals surface area contributed by atoms with Crippen LogP contribution in [-0.2, 0) is 14.1 Å². The van der Waals surface area contributed by atoms with Crippen molar-refractivity contribution in [2.24, 2.45) is 14.1 Å². The number of hydrogen-bond donors (Lipinski definition) is 0. The van der Waals surface area contributed by atoms with E-state index in [4.69, 9.17) is 8.83 Å². The molecule has 6 nitrogen and oxygen atoms in total. The molecule has 0 atom stereocenters. The van der Waals surface area contributed by atoms with Crippen LogP contribution in [0.4, 0.5) is 0 Å². The monoisotopic (exact) mass is 876 g/mol. The van der Waals surface area contributed by atoms with Gasteiger partial charge in [-0.2, -0.15) is 0 Å². The van der Waals surface area contributed by atoms with Gasteiger partial charge in [-0.15, -0.1) is 0 Å². The van der Waals surface area contributed by atoms with E-state index in [-0.39, 0.29) is 0 Å². The zero-order valence-corrected chi connectivity index (χ0v) is 36.0. The maximum absolute atomic E-state index is 6.48. The van der Waals surface area contributed by atoms with Gasteiger partial charge in [0.25, 0.3) is 0 Å². The Bertz CT molecular complexity index is 4080. The third-order valence-corrected chi connectivity index (χ3v) is 13.2. The van der Waals surface area contributed by atoms with E-state index in [1.165, 1.54) is 75.4 Å². The van der Waals surface area contributed by atoms with Crippen molar-refractivity contribution in [1.29, 1.82) is 0 Å². The van der Waals surface area contributed by atoms with Gasteiger partial charge in [0, 0.05) is 60.4 Å². The lowest BCUT2D eigenvalue weighted by atomic mass is 9.93. The Morgan fingerprint density at radius 2 is 0.778 bits per heavy atom. The van der Waals surface area contributed by atoms with Gasteiger partial charge in [0.1, 0.15) is 28.2 Å². The first-order chi connectivity index (χ1) is 31.0. The number of furan rings is 2. The molecule has 0 N–H and O–H groups in total. The Morgan fingerprint density at radius 1 is 0.365 bits per heavy atom. The van der Waals surface area contributed by atoms with Crippen molar-refractivity contribution in [2.45, 2.75) is 0 Å². The fraction of sp³-hybridized carbons (Fsp3) is 0.0357. The number of aryl methyl sites for hydroxylation is 2. The molecule has 10 aromatic carbocycles. The highest BCUT2D eigenvalue weighted by Crippen LogP contribution is 2.42. The van der Waals surface area contributed by atoms with E-state index in [0.717, 1.165) is 49.2 Å². The van der Waals surface area contributed by atoms with Crippen molar-refractivity contribution < 1.29 is 8.83 Å². The highest BCUT2D eigenvalue weighted by Gasteiger charge is 2.18. The molecule has 7 heteroatoms. The number of rotatable bonds is 1. The Morgan fingerprint density at radius 3 is 1.24 bits per heavy atom. The van der Waals surface area contributed by atoms with Crippen LogP contribution in [-0.4, -0.2) is 19.1 Å². The van der Waals surface area contributed by atoms with Crippen LogP contribution >= 0.6 is 15.9 Å². The zero-order chi connectivity index (χ0) is 42.2. The van der Waals surface area contributed by atoms with E-state index in [9.17, 15) is 0 Å². The van der Waals surface area contributed by atoms with Crippen LogP contribution in [0.15, 0.2) is 202 Å². The predicted octanol–water partition coefficient (Wildman–Crippen LogP) is 15.7. The van der Waals surface area contributed by atoms with Crippen molar-refractivity contribution in [2.75, 3.05) is 0 Å². The summed E-state index contributed by atoms with van der Waals surface area (Å²) in [6, 6.07) is 58.2. The molecule has 0 aliphatic rings. The first-order valence-corrected chi connectivity index (χ1v) is 21.7. The molecule has 0 aliphatic carbocycles. The number of halogens is 1. The Kier molecular flexibility index (Phi) is 8.66. The van der Waals surface area contributed by atoms with Gasteiger partial charge >= 0.3 is 0 Å². The molecule has 0 fully saturated rings. The average molecular weight is 878 g/mol. The molecule has 0 saturated heterocycles. The topological polar surface area (TPSA) is 61.9 Å². The molecule has 0 amide bonds. The summed E-state index contributed by atoms with van der Waals surface area (Å²) in [6.07, 6.45) is 7.40. The third-order valence-electron chi connectivity index (χ3n) is 12.4. The highest BCUT2D eigenvalue weighted by molar-refractivity contribution is 9.10. The van der Waals surface area contributed by atoms with Crippen molar-refractivity contribution in [3.8, 4) is 11.4 Å². The lowest BCUT2D eigenvalue weighted by molar-refractivity contribution is 0.669. The standard InChI is InChI=1S/C28H18N2O.C24H14O.C4H5BrN2/c1-30-14-13-29-28(30)22-12-6-11-21-25-15-23-19-9-4-2-7-17(19)18-8-3-5-10-20(18)24(23)16-26(25)31-27(21)22;1-3-9-17-15(7-1)16-8-2-4-10-18(16)21-14-24-22(13-20(17)21)19-11-5-6-12-23(19)25-24;1-7-3-2-6-4(7)5/h2-16H,1H3;1-14H;2-3H,1H3. The predicted molar refractivity (Wildman–Crippen MR) is 266 cm³/mol. The Hall–Kier alpha value is -7.74. The molecular formula is C56H37BrN4O2. The second kappa shape index (κ2) is 14.7. The molecule has 0 spiro atoms. The van der Waals surface area contributed by atoms with Gasteiger partial charge in [-0.25, -0.2) is 9.97 Å². The second-order valence-electron chi connectivity index (χ2n) is 16.0. The minimum Gasteiger partial charge on any atom is -0.456 e. The van der Waals surface area contributed by atoms with Crippen LogP contribution in [0, 0.1) is 0 Å². The third kappa shape index (κ3) is 5.99. The molecule has 0 saturated carbocycles. The van der Waals surface area contributed by atoms with Crippen LogP contribution in [0.3, 0.4) is 0 Å². The van der Waals surface area contributed by atoms with Gasteiger partial charge in [-0.05, 0) is 117 Å². The van der Waals surface area contributed by atoms with Crippen LogP contribution in [0.25, 0.3) is 120 Å². The number of aromatic nitrogens is 4. The number of hydrogen-bond acceptors (Lipinski definition) is 4. The number of nitrogens with zero attached hydrogens (tertiary/aromatic N) is 4. The molecule has 4 aromatic heterocycles. The summed E-state index contributed by atoms with van der Waals surface area (Å²) in [5.41, 5.74) is 4.70. The maximum Gasteiger partial charge on any atom is 0.176 e. The first kappa shape index (κ1) is 37.1. The molecule has 63 heavy (non-hydrogen) atoms. The van der Waals surface area contributed by atoms with Crippen molar-refractivity contribution in [1.82, 2.24) is 19.1 Å². The fourth-order valence-electron chi connectivity index (χ4n) is 9.47. The average Bonchev–Trinajstić information content (AvgIpc) is 4.13. The minimum absolute atomic E-state index is 0.868. The number of fused-ring (bicyclic) bond motifs is 18. The lowest BCUT2D eigenvalue weighted by Crippen LogP contribution is -1.91. The smallest absolute Gasteiger partial charge is 0.176 e. The summed E-state index contributed by atoms with van der Waals surface area (Å²) >= 11 is 3.22. The first-order valence-electron chi connectivity index (χ1n) is 20.9. The molecule has 0 unspecified atom stereocenters. The zero-order valence-electron chi connectivity index (χ0n) is 34.4. The van der Waals surface area contributed by atoms with Crippen LogP contribution < -0.4 is 0 Å². The van der Waals surface area contributed by atoms with Gasteiger partial charge in [-0.3, -0.25) is 0 Å². The number of para-hydroxylation sites is 2. The molecule has 14 aromatic rings. The van der Waals surface area contributed by atoms with E-state index in [1.807, 2.05) is 54.0 Å². The largest absolute Gasteiger partial charge is 0.456 e. The van der Waals surface area contributed by atoms with Crippen molar-refractivity contribution in [3.63, 3.8) is 0 Å². The maximum atomic E-state index is 6.48. The summed E-state index contributed by atoms with van der Waals surface area (Å²) in [5.74, 6) is 0.908. The molecule has 0 bridgehead atoms. The quantitative estimate of drug-likeness (QED) is 0.154. The van der Waals surface area contributed by atoms with Gasteiger partial charge < -0.3 is 18.0 Å². The van der Waals surface area contributed by atoms with Gasteiger partial charge in [0.05, 0.1) is 5.56 Å². The van der Waals surface area contributed by atoms with Crippen molar-refractivity contribution >= 4 is 124 Å². The summed E-state index contributed by atoms with van der Waals surface area (Å²) in [5, 5.41) is 19.9. The molecule has 4 heterocycles. The highest BCUT2D eigenvalue weighted by atomic mass is 79.9. The summed E-state index contributed by atoms with van der Waals surface area (Å²) < 4.78 is 17.4. The molecule has 0 radical (unpaired) electrons. The SMILES string of the molecule is Cn1ccnc1-c1cccc2c1oc1cc3c4ccccc4c4ccccc4c3cc12.Cn1ccnc1Br.c1ccc2c(c1)oc1cc3c4ccccc4c4ccccc4c3cc12. The molecule has 300 valence electrons. The second-order valence-corrected chi connectivity index (χ2v) is 16.7. The molecule has 14 rings (SSSR count). The molecule has 0 aliphatic heterocycles. The summed E-state index contributed by atoms with van der Waals surface area (Å²) in [4.78, 5) is 8.44. The van der Waals surface area contributed by atoms with Crippen LogP contribution in [0.5, 0.6) is 0 Å². The van der Waals surface area contributed by atoms with Crippen molar-refractivity contribution in [3.05, 3.63) is 193 Å². The van der Waals surface area contributed by atoms with E-state index >= 15 is 0 Å².